The Kier molecular flexibility index (Phi) is 4.18. The second-order valence-corrected chi connectivity index (χ2v) is 4.68. The van der Waals surface area contributed by atoms with Gasteiger partial charge >= 0.3 is 0 Å². The minimum atomic E-state index is -0.815. The number of anilines is 2. The number of benzene rings is 2. The summed E-state index contributed by atoms with van der Waals surface area (Å²) in [7, 11) is 0. The molecule has 0 saturated carbocycles. The SMILES string of the molecule is Cc1cc(NN)ccc1C(=O)Nc1c(F)ccc(C)c1F. The molecule has 0 aliphatic heterocycles. The summed E-state index contributed by atoms with van der Waals surface area (Å²) in [5.41, 5.74) is 3.86. The molecule has 0 bridgehead atoms. The zero-order valence-corrected chi connectivity index (χ0v) is 11.6. The summed E-state index contributed by atoms with van der Waals surface area (Å²) >= 11 is 0. The van der Waals surface area contributed by atoms with Crippen molar-refractivity contribution in [2.24, 2.45) is 5.84 Å². The van der Waals surface area contributed by atoms with Crippen LogP contribution < -0.4 is 16.6 Å². The Labute approximate surface area is 120 Å². The maximum absolute atomic E-state index is 13.9. The maximum Gasteiger partial charge on any atom is 0.256 e. The van der Waals surface area contributed by atoms with Crippen molar-refractivity contribution in [2.75, 3.05) is 10.7 Å². The fraction of sp³-hybridized carbons (Fsp3) is 0.133. The van der Waals surface area contributed by atoms with E-state index in [0.717, 1.165) is 6.07 Å². The predicted octanol–water partition coefficient (Wildman–Crippen LogP) is 3.12. The molecule has 6 heteroatoms. The molecular weight excluding hydrogens is 276 g/mol. The van der Waals surface area contributed by atoms with Crippen LogP contribution >= 0.6 is 0 Å². The molecule has 21 heavy (non-hydrogen) atoms. The number of carbonyl (C=O) groups is 1. The number of nitrogens with two attached hydrogens (primary N) is 1. The van der Waals surface area contributed by atoms with Gasteiger partial charge in [0.25, 0.3) is 5.91 Å². The molecule has 1 amide bonds. The highest BCUT2D eigenvalue weighted by Crippen LogP contribution is 2.23. The normalized spacial score (nSPS) is 10.3. The molecule has 2 aromatic rings. The van der Waals surface area contributed by atoms with Crippen LogP contribution in [-0.2, 0) is 0 Å². The lowest BCUT2D eigenvalue weighted by Gasteiger charge is -2.11. The van der Waals surface area contributed by atoms with E-state index in [9.17, 15) is 13.6 Å². The van der Waals surface area contributed by atoms with Gasteiger partial charge in [-0.25, -0.2) is 8.78 Å². The van der Waals surface area contributed by atoms with Gasteiger partial charge in [-0.2, -0.15) is 0 Å². The highest BCUT2D eigenvalue weighted by Gasteiger charge is 2.16. The highest BCUT2D eigenvalue weighted by molar-refractivity contribution is 6.05. The van der Waals surface area contributed by atoms with Crippen molar-refractivity contribution in [2.45, 2.75) is 13.8 Å². The van der Waals surface area contributed by atoms with Crippen LogP contribution in [0.25, 0.3) is 0 Å². The first-order valence-corrected chi connectivity index (χ1v) is 6.27. The van der Waals surface area contributed by atoms with Crippen LogP contribution in [0.1, 0.15) is 21.5 Å². The van der Waals surface area contributed by atoms with E-state index in [-0.39, 0.29) is 5.56 Å². The molecule has 0 saturated heterocycles. The maximum atomic E-state index is 13.9. The molecule has 0 heterocycles. The van der Waals surface area contributed by atoms with Crippen molar-refractivity contribution < 1.29 is 13.6 Å². The lowest BCUT2D eigenvalue weighted by atomic mass is 10.1. The van der Waals surface area contributed by atoms with E-state index in [0.29, 0.717) is 16.8 Å². The molecule has 4 nitrogen and oxygen atoms in total. The Bertz CT molecular complexity index is 702. The van der Waals surface area contributed by atoms with E-state index < -0.39 is 23.2 Å². The number of hydrogen-bond acceptors (Lipinski definition) is 3. The standard InChI is InChI=1S/C15H15F2N3O/c1-8-3-6-12(16)14(13(8)17)19-15(21)11-5-4-10(20-18)7-9(11)2/h3-7,20H,18H2,1-2H3,(H,19,21). The third-order valence-electron chi connectivity index (χ3n) is 3.16. The summed E-state index contributed by atoms with van der Waals surface area (Å²) in [4.78, 5) is 12.2. The quantitative estimate of drug-likeness (QED) is 0.601. The van der Waals surface area contributed by atoms with Gasteiger partial charge < -0.3 is 10.7 Å². The van der Waals surface area contributed by atoms with Crippen molar-refractivity contribution in [1.82, 2.24) is 0 Å². The molecule has 110 valence electrons. The lowest BCUT2D eigenvalue weighted by Crippen LogP contribution is -2.16. The minimum absolute atomic E-state index is 0.256. The monoisotopic (exact) mass is 291 g/mol. The fourth-order valence-electron chi connectivity index (χ4n) is 1.96. The van der Waals surface area contributed by atoms with Crippen molar-refractivity contribution in [3.63, 3.8) is 0 Å². The first-order valence-electron chi connectivity index (χ1n) is 6.27. The van der Waals surface area contributed by atoms with Gasteiger partial charge in [0, 0.05) is 11.3 Å². The molecule has 0 fully saturated rings. The van der Waals surface area contributed by atoms with Gasteiger partial charge in [0.2, 0.25) is 0 Å². The lowest BCUT2D eigenvalue weighted by molar-refractivity contribution is 0.102. The van der Waals surface area contributed by atoms with E-state index in [1.54, 1.807) is 19.1 Å². The molecule has 2 aromatic carbocycles. The Balaban J connectivity index is 2.33. The molecule has 0 atom stereocenters. The molecule has 0 unspecified atom stereocenters. The van der Waals surface area contributed by atoms with Gasteiger partial charge in [0.15, 0.2) is 5.82 Å². The van der Waals surface area contributed by atoms with E-state index in [2.05, 4.69) is 10.7 Å². The van der Waals surface area contributed by atoms with Crippen LogP contribution in [0.2, 0.25) is 0 Å². The Hall–Kier alpha value is -2.47. The molecule has 0 spiro atoms. The molecule has 0 radical (unpaired) electrons. The Morgan fingerprint density at radius 1 is 1.10 bits per heavy atom. The Morgan fingerprint density at radius 3 is 2.43 bits per heavy atom. The number of nitrogens with one attached hydrogen (secondary N) is 2. The average Bonchev–Trinajstić information content (AvgIpc) is 2.47. The molecule has 2 rings (SSSR count). The smallest absolute Gasteiger partial charge is 0.256 e. The van der Waals surface area contributed by atoms with Crippen molar-refractivity contribution in [3.05, 3.63) is 58.7 Å². The number of hydrogen-bond donors (Lipinski definition) is 3. The van der Waals surface area contributed by atoms with Crippen LogP contribution in [-0.4, -0.2) is 5.91 Å². The van der Waals surface area contributed by atoms with Gasteiger partial charge in [0.1, 0.15) is 11.5 Å². The average molecular weight is 291 g/mol. The third-order valence-corrected chi connectivity index (χ3v) is 3.16. The summed E-state index contributed by atoms with van der Waals surface area (Å²) in [6, 6.07) is 7.23. The van der Waals surface area contributed by atoms with Crippen LogP contribution in [0, 0.1) is 25.5 Å². The number of amides is 1. The largest absolute Gasteiger partial charge is 0.324 e. The molecular formula is C15H15F2N3O. The summed E-state index contributed by atoms with van der Waals surface area (Å²) in [6.07, 6.45) is 0. The third kappa shape index (κ3) is 3.00. The van der Waals surface area contributed by atoms with Crippen molar-refractivity contribution in [1.29, 1.82) is 0 Å². The summed E-state index contributed by atoms with van der Waals surface area (Å²) in [5.74, 6) is 3.10. The van der Waals surface area contributed by atoms with Crippen LogP contribution in [0.15, 0.2) is 30.3 Å². The predicted molar refractivity (Wildman–Crippen MR) is 78.0 cm³/mol. The van der Waals surface area contributed by atoms with Crippen LogP contribution in [0.3, 0.4) is 0 Å². The first kappa shape index (κ1) is 14.9. The molecule has 0 aromatic heterocycles. The first-order chi connectivity index (χ1) is 9.93. The van der Waals surface area contributed by atoms with E-state index in [1.807, 2.05) is 0 Å². The summed E-state index contributed by atoms with van der Waals surface area (Å²) in [5, 5.41) is 2.27. The summed E-state index contributed by atoms with van der Waals surface area (Å²) in [6.45, 7) is 3.20. The van der Waals surface area contributed by atoms with E-state index in [4.69, 9.17) is 5.84 Å². The number of rotatable bonds is 3. The number of carbonyl (C=O) groups excluding carboxylic acids is 1. The second kappa shape index (κ2) is 5.88. The summed E-state index contributed by atoms with van der Waals surface area (Å²) < 4.78 is 27.5. The van der Waals surface area contributed by atoms with Crippen molar-refractivity contribution in [3.8, 4) is 0 Å². The van der Waals surface area contributed by atoms with Crippen LogP contribution in [0.5, 0.6) is 0 Å². The second-order valence-electron chi connectivity index (χ2n) is 4.68. The highest BCUT2D eigenvalue weighted by atomic mass is 19.1. The zero-order valence-electron chi connectivity index (χ0n) is 11.6. The fourth-order valence-corrected chi connectivity index (χ4v) is 1.96. The van der Waals surface area contributed by atoms with Crippen LogP contribution in [0.4, 0.5) is 20.2 Å². The minimum Gasteiger partial charge on any atom is -0.324 e. The molecule has 0 aliphatic carbocycles. The number of halogens is 2. The van der Waals surface area contributed by atoms with Gasteiger partial charge in [0.05, 0.1) is 0 Å². The zero-order chi connectivity index (χ0) is 15.6. The van der Waals surface area contributed by atoms with E-state index >= 15 is 0 Å². The van der Waals surface area contributed by atoms with Gasteiger partial charge in [-0.05, 0) is 49.2 Å². The van der Waals surface area contributed by atoms with Crippen molar-refractivity contribution >= 4 is 17.3 Å². The number of nitrogen functional groups attached to an aromatic ring is 1. The molecule has 0 aliphatic rings. The van der Waals surface area contributed by atoms with Gasteiger partial charge in [-0.15, -0.1) is 0 Å². The van der Waals surface area contributed by atoms with Gasteiger partial charge in [-0.3, -0.25) is 10.6 Å². The topological polar surface area (TPSA) is 67.1 Å². The molecule has 4 N–H and O–H groups in total. The Morgan fingerprint density at radius 2 is 1.81 bits per heavy atom. The van der Waals surface area contributed by atoms with E-state index in [1.165, 1.54) is 19.1 Å². The number of hydrazine groups is 1. The van der Waals surface area contributed by atoms with Gasteiger partial charge in [-0.1, -0.05) is 6.07 Å². The number of aryl methyl sites for hydroxylation is 2.